The van der Waals surface area contributed by atoms with Gasteiger partial charge in [-0.1, -0.05) is 18.9 Å². The SMILES string of the molecule is C=CCCCCCC(C)(C)C(=O)O.S.S=S=S=S=S=S=S. The molecule has 21 heavy (non-hydrogen) atoms. The Morgan fingerprint density at radius 1 is 1.14 bits per heavy atom. The predicted octanol–water partition coefficient (Wildman–Crippen LogP) is 3.33. The van der Waals surface area contributed by atoms with Crippen molar-refractivity contribution in [2.75, 3.05) is 0 Å². The van der Waals surface area contributed by atoms with Crippen molar-refractivity contribution in [2.45, 2.75) is 46.0 Å². The molecule has 0 aliphatic heterocycles. The van der Waals surface area contributed by atoms with E-state index in [1.54, 1.807) is 40.5 Å². The van der Waals surface area contributed by atoms with E-state index < -0.39 is 11.4 Å². The molecule has 0 heterocycles. The monoisotopic (exact) mass is 442 g/mol. The molecule has 0 aliphatic rings. The van der Waals surface area contributed by atoms with E-state index in [2.05, 4.69) is 29.0 Å². The van der Waals surface area contributed by atoms with Gasteiger partial charge in [0.1, 0.15) is 0 Å². The molecule has 0 atom stereocenters. The van der Waals surface area contributed by atoms with E-state index in [-0.39, 0.29) is 13.5 Å². The Kier molecular flexibility index (Phi) is 24.6. The first-order valence-corrected chi connectivity index (χ1v) is 13.8. The van der Waals surface area contributed by atoms with Gasteiger partial charge >= 0.3 is 5.97 Å². The summed E-state index contributed by atoms with van der Waals surface area (Å²) in [6.07, 6.45) is 6.92. The molecular formula is C11H22O2S8. The summed E-state index contributed by atoms with van der Waals surface area (Å²) in [4.78, 5) is 10.7. The average Bonchev–Trinajstić information content (AvgIpc) is 2.39. The molecule has 0 rings (SSSR count). The molecular weight excluding hydrogens is 421 g/mol. The van der Waals surface area contributed by atoms with Crippen molar-refractivity contribution in [2.24, 2.45) is 5.41 Å². The molecule has 10 heteroatoms. The van der Waals surface area contributed by atoms with Crippen LogP contribution in [0.25, 0.3) is 0 Å². The molecule has 0 saturated heterocycles. The summed E-state index contributed by atoms with van der Waals surface area (Å²) in [5.74, 6) is -0.698. The predicted molar refractivity (Wildman–Crippen MR) is 117 cm³/mol. The average molecular weight is 443 g/mol. The third-order valence-electron chi connectivity index (χ3n) is 2.40. The van der Waals surface area contributed by atoms with Crippen LogP contribution in [0.3, 0.4) is 0 Å². The molecule has 0 aromatic rings. The summed E-state index contributed by atoms with van der Waals surface area (Å²) in [7, 11) is 7.36. The summed E-state index contributed by atoms with van der Waals surface area (Å²) >= 11 is 9.14. The fourth-order valence-electron chi connectivity index (χ4n) is 1.17. The maximum absolute atomic E-state index is 10.7. The quantitative estimate of drug-likeness (QED) is 0.485. The minimum Gasteiger partial charge on any atom is -0.481 e. The van der Waals surface area contributed by atoms with Gasteiger partial charge in [0.15, 0.2) is 0 Å². The molecule has 0 radical (unpaired) electrons. The molecule has 2 nitrogen and oxygen atoms in total. The molecule has 0 fully saturated rings. The van der Waals surface area contributed by atoms with Gasteiger partial charge in [-0.25, -0.2) is 0 Å². The lowest BCUT2D eigenvalue weighted by molar-refractivity contribution is -0.147. The van der Waals surface area contributed by atoms with Crippen LogP contribution in [0.5, 0.6) is 0 Å². The van der Waals surface area contributed by atoms with Crippen molar-refractivity contribution in [3.63, 3.8) is 0 Å². The minimum atomic E-state index is -0.698. The summed E-state index contributed by atoms with van der Waals surface area (Å²) in [6, 6.07) is 0. The Morgan fingerprint density at radius 2 is 1.67 bits per heavy atom. The number of hydrogen-bond acceptors (Lipinski definition) is 3. The number of unbranched alkanes of at least 4 members (excludes halogenated alkanes) is 3. The maximum atomic E-state index is 10.7. The van der Waals surface area contributed by atoms with Gasteiger partial charge in [-0.15, -0.1) is 6.58 Å². The molecule has 0 aromatic carbocycles. The van der Waals surface area contributed by atoms with Crippen LogP contribution in [0.2, 0.25) is 0 Å². The van der Waals surface area contributed by atoms with Gasteiger partial charge in [-0.2, -0.15) is 13.5 Å². The zero-order valence-electron chi connectivity index (χ0n) is 12.0. The largest absolute Gasteiger partial charge is 0.481 e. The van der Waals surface area contributed by atoms with E-state index in [4.69, 9.17) is 5.11 Å². The van der Waals surface area contributed by atoms with Crippen LogP contribution in [0.1, 0.15) is 46.0 Å². The lowest BCUT2D eigenvalue weighted by Gasteiger charge is -2.18. The second-order valence-electron chi connectivity index (χ2n) is 4.42. The van der Waals surface area contributed by atoms with E-state index in [9.17, 15) is 4.79 Å². The minimum absolute atomic E-state index is 0. The highest BCUT2D eigenvalue weighted by molar-refractivity contribution is 8.68. The van der Waals surface area contributed by atoms with Crippen LogP contribution in [-0.4, -0.2) is 11.1 Å². The summed E-state index contributed by atoms with van der Waals surface area (Å²) in [5.41, 5.74) is -0.561. The molecule has 126 valence electrons. The standard InChI is InChI=1S/C11H20O2.S7.H2S/c1-4-5-6-7-8-9-11(2,3)10(12)13;1-3-5-7-6-4-2;/h4H,1,5-9H2,2-3H3,(H,12,13);;1H2. The molecule has 0 amide bonds. The van der Waals surface area contributed by atoms with Gasteiger partial charge in [-0.05, 0) is 33.1 Å². The van der Waals surface area contributed by atoms with Crippen LogP contribution >= 0.6 is 13.5 Å². The van der Waals surface area contributed by atoms with E-state index in [1.165, 1.54) is 17.8 Å². The lowest BCUT2D eigenvalue weighted by atomic mass is 9.87. The van der Waals surface area contributed by atoms with Crippen LogP contribution in [0, 0.1) is 5.41 Å². The number of hydrogen-bond donors (Lipinski definition) is 1. The lowest BCUT2D eigenvalue weighted by Crippen LogP contribution is -2.23. The van der Waals surface area contributed by atoms with E-state index in [0.717, 1.165) is 32.1 Å². The van der Waals surface area contributed by atoms with Crippen LogP contribution in [-0.2, 0) is 71.6 Å². The van der Waals surface area contributed by atoms with Crippen molar-refractivity contribution in [3.8, 4) is 0 Å². The van der Waals surface area contributed by atoms with Gasteiger partial charge in [0.25, 0.3) is 0 Å². The Balaban J connectivity index is -0.000000347. The van der Waals surface area contributed by atoms with Crippen LogP contribution in [0.4, 0.5) is 0 Å². The Labute approximate surface area is 159 Å². The first-order valence-electron chi connectivity index (χ1n) is 5.85. The summed E-state index contributed by atoms with van der Waals surface area (Å²) in [5, 5.41) is 8.83. The zero-order valence-corrected chi connectivity index (χ0v) is 18.7. The highest BCUT2D eigenvalue weighted by Crippen LogP contribution is 2.23. The number of rotatable bonds is 7. The van der Waals surface area contributed by atoms with Crippen molar-refractivity contribution in [1.82, 2.24) is 0 Å². The summed E-state index contributed by atoms with van der Waals surface area (Å²) < 4.78 is 0. The first-order chi connectivity index (χ1) is 9.42. The number of carbonyl (C=O) groups is 1. The summed E-state index contributed by atoms with van der Waals surface area (Å²) in [6.45, 7) is 7.20. The molecule has 1 N–H and O–H groups in total. The van der Waals surface area contributed by atoms with E-state index >= 15 is 0 Å². The third-order valence-corrected chi connectivity index (χ3v) is 11.3. The maximum Gasteiger partial charge on any atom is 0.309 e. The van der Waals surface area contributed by atoms with Crippen molar-refractivity contribution >= 4 is 86.2 Å². The highest BCUT2D eigenvalue weighted by atomic mass is 33.4. The van der Waals surface area contributed by atoms with Gasteiger partial charge < -0.3 is 5.11 Å². The Morgan fingerprint density at radius 3 is 2.05 bits per heavy atom. The fraction of sp³-hybridized carbons (Fsp3) is 0.727. The molecule has 0 aromatic heterocycles. The molecule has 0 spiro atoms. The third kappa shape index (κ3) is 21.1. The Bertz CT molecular complexity index is 464. The van der Waals surface area contributed by atoms with Gasteiger partial charge in [-0.3, -0.25) is 4.79 Å². The zero-order chi connectivity index (χ0) is 15.9. The van der Waals surface area contributed by atoms with Crippen molar-refractivity contribution < 1.29 is 9.90 Å². The number of carboxylic acid groups (broad SMARTS) is 1. The van der Waals surface area contributed by atoms with E-state index in [1.807, 2.05) is 6.08 Å². The second-order valence-corrected chi connectivity index (χ2v) is 13.3. The molecule has 0 saturated carbocycles. The number of allylic oxidation sites excluding steroid dienone is 1. The van der Waals surface area contributed by atoms with Crippen LogP contribution < -0.4 is 0 Å². The topological polar surface area (TPSA) is 37.3 Å². The smallest absolute Gasteiger partial charge is 0.309 e. The fourth-order valence-corrected chi connectivity index (χ4v) is 9.41. The van der Waals surface area contributed by atoms with Crippen molar-refractivity contribution in [3.05, 3.63) is 12.7 Å². The normalized spacial score (nSPS) is 9.05. The van der Waals surface area contributed by atoms with Gasteiger partial charge in [0, 0.05) is 66.8 Å². The van der Waals surface area contributed by atoms with Gasteiger partial charge in [0.05, 0.1) is 5.41 Å². The highest BCUT2D eigenvalue weighted by Gasteiger charge is 2.25. The van der Waals surface area contributed by atoms with Gasteiger partial charge in [0.2, 0.25) is 0 Å². The Hall–Kier alpha value is 1.10. The van der Waals surface area contributed by atoms with Crippen molar-refractivity contribution in [1.29, 1.82) is 0 Å². The second kappa shape index (κ2) is 19.1. The number of aliphatic carboxylic acids is 1. The first kappa shape index (κ1) is 27.0. The molecule has 0 aliphatic carbocycles. The van der Waals surface area contributed by atoms with Crippen LogP contribution in [0.15, 0.2) is 12.7 Å². The molecule has 0 unspecified atom stereocenters. The van der Waals surface area contributed by atoms with E-state index in [0.29, 0.717) is 0 Å². The molecule has 0 bridgehead atoms. The number of carboxylic acids is 1.